The normalized spacial score (nSPS) is 18.0. The molecule has 0 spiro atoms. The van der Waals surface area contributed by atoms with Crippen molar-refractivity contribution in [3.8, 4) is 0 Å². The van der Waals surface area contributed by atoms with Gasteiger partial charge in [0.2, 0.25) is 10.0 Å². The quantitative estimate of drug-likeness (QED) is 0.903. The third kappa shape index (κ3) is 3.30. The standard InChI is InChI=1S/C15H13ClFNO2S2/c16-10-1-6-15-13(9-10)14(7-8-21-15)18-22(19,20)12-4-2-11(17)3-5-12/h1-6,9,14,18H,7-8H2/t14-/m1/s1. The lowest BCUT2D eigenvalue weighted by molar-refractivity contribution is 0.545. The molecule has 1 aliphatic heterocycles. The van der Waals surface area contributed by atoms with Crippen molar-refractivity contribution in [3.63, 3.8) is 0 Å². The van der Waals surface area contributed by atoms with Gasteiger partial charge in [0.25, 0.3) is 0 Å². The fourth-order valence-corrected chi connectivity index (χ4v) is 4.89. The lowest BCUT2D eigenvalue weighted by atomic mass is 10.1. The average molecular weight is 358 g/mol. The van der Waals surface area contributed by atoms with E-state index in [2.05, 4.69) is 4.72 Å². The van der Waals surface area contributed by atoms with Gasteiger partial charge in [0.1, 0.15) is 5.82 Å². The first-order valence-electron chi connectivity index (χ1n) is 6.66. The molecule has 2 aromatic rings. The van der Waals surface area contributed by atoms with Crippen LogP contribution >= 0.6 is 23.4 Å². The van der Waals surface area contributed by atoms with Crippen molar-refractivity contribution in [2.75, 3.05) is 5.75 Å². The molecule has 0 aliphatic carbocycles. The fourth-order valence-electron chi connectivity index (χ4n) is 2.36. The van der Waals surface area contributed by atoms with Gasteiger partial charge in [-0.05, 0) is 60.2 Å². The second kappa shape index (κ2) is 6.20. The van der Waals surface area contributed by atoms with Gasteiger partial charge in [-0.15, -0.1) is 11.8 Å². The second-order valence-corrected chi connectivity index (χ2v) is 8.23. The highest BCUT2D eigenvalue weighted by atomic mass is 35.5. The summed E-state index contributed by atoms with van der Waals surface area (Å²) in [5.74, 6) is 0.357. The van der Waals surface area contributed by atoms with E-state index in [1.807, 2.05) is 6.07 Å². The van der Waals surface area contributed by atoms with Gasteiger partial charge < -0.3 is 0 Å². The Morgan fingerprint density at radius 3 is 2.64 bits per heavy atom. The van der Waals surface area contributed by atoms with Crippen molar-refractivity contribution in [1.82, 2.24) is 4.72 Å². The molecule has 3 nitrogen and oxygen atoms in total. The van der Waals surface area contributed by atoms with Crippen LogP contribution in [0.1, 0.15) is 18.0 Å². The average Bonchev–Trinajstić information content (AvgIpc) is 2.48. The maximum Gasteiger partial charge on any atom is 0.241 e. The minimum absolute atomic E-state index is 0.0516. The molecule has 0 amide bonds. The van der Waals surface area contributed by atoms with Crippen molar-refractivity contribution in [2.45, 2.75) is 22.3 Å². The van der Waals surface area contributed by atoms with Crippen LogP contribution in [-0.2, 0) is 10.0 Å². The molecule has 0 unspecified atom stereocenters. The summed E-state index contributed by atoms with van der Waals surface area (Å²) in [5, 5.41) is 0.576. The number of hydrogen-bond acceptors (Lipinski definition) is 3. The van der Waals surface area contributed by atoms with E-state index in [1.54, 1.807) is 23.9 Å². The molecule has 7 heteroatoms. The van der Waals surface area contributed by atoms with Gasteiger partial charge in [0.15, 0.2) is 0 Å². The minimum Gasteiger partial charge on any atom is -0.207 e. The van der Waals surface area contributed by atoms with Crippen molar-refractivity contribution in [2.24, 2.45) is 0 Å². The maximum absolute atomic E-state index is 12.9. The number of nitrogens with one attached hydrogen (secondary N) is 1. The van der Waals surface area contributed by atoms with E-state index in [0.29, 0.717) is 11.4 Å². The van der Waals surface area contributed by atoms with E-state index >= 15 is 0 Å². The van der Waals surface area contributed by atoms with Crippen LogP contribution in [0.3, 0.4) is 0 Å². The number of halogens is 2. The molecule has 0 radical (unpaired) electrons. The molecule has 0 bridgehead atoms. The van der Waals surface area contributed by atoms with Crippen LogP contribution < -0.4 is 4.72 Å². The SMILES string of the molecule is O=S(=O)(N[C@@H]1CCSc2ccc(Cl)cc21)c1ccc(F)cc1. The molecule has 2 aromatic carbocycles. The first-order valence-corrected chi connectivity index (χ1v) is 9.50. The molecule has 0 saturated heterocycles. The van der Waals surface area contributed by atoms with Crippen LogP contribution in [0.2, 0.25) is 5.02 Å². The van der Waals surface area contributed by atoms with Gasteiger partial charge in [0, 0.05) is 16.0 Å². The van der Waals surface area contributed by atoms with Gasteiger partial charge in [-0.3, -0.25) is 0 Å². The molecule has 0 aromatic heterocycles. The molecule has 3 rings (SSSR count). The molecule has 1 atom stereocenters. The minimum atomic E-state index is -3.70. The van der Waals surface area contributed by atoms with Gasteiger partial charge in [-0.25, -0.2) is 17.5 Å². The highest BCUT2D eigenvalue weighted by Crippen LogP contribution is 2.38. The summed E-state index contributed by atoms with van der Waals surface area (Å²) >= 11 is 7.70. The summed E-state index contributed by atoms with van der Waals surface area (Å²) in [4.78, 5) is 1.08. The van der Waals surface area contributed by atoms with Crippen LogP contribution in [0.5, 0.6) is 0 Å². The topological polar surface area (TPSA) is 46.2 Å². The van der Waals surface area contributed by atoms with Crippen LogP contribution in [0.15, 0.2) is 52.3 Å². The van der Waals surface area contributed by atoms with Crippen molar-refractivity contribution in [1.29, 1.82) is 0 Å². The zero-order valence-electron chi connectivity index (χ0n) is 11.4. The largest absolute Gasteiger partial charge is 0.241 e. The molecule has 0 saturated carbocycles. The van der Waals surface area contributed by atoms with Crippen LogP contribution in [0.25, 0.3) is 0 Å². The number of sulfonamides is 1. The van der Waals surface area contributed by atoms with Gasteiger partial charge in [-0.1, -0.05) is 11.6 Å². The van der Waals surface area contributed by atoms with E-state index in [0.717, 1.165) is 28.3 Å². The lowest BCUT2D eigenvalue weighted by Crippen LogP contribution is -2.30. The zero-order chi connectivity index (χ0) is 15.7. The highest BCUT2D eigenvalue weighted by Gasteiger charge is 2.26. The Balaban J connectivity index is 1.91. The molecule has 22 heavy (non-hydrogen) atoms. The first kappa shape index (κ1) is 15.8. The highest BCUT2D eigenvalue weighted by molar-refractivity contribution is 7.99. The second-order valence-electron chi connectivity index (χ2n) is 4.95. The van der Waals surface area contributed by atoms with Gasteiger partial charge in [-0.2, -0.15) is 0 Å². The summed E-state index contributed by atoms with van der Waals surface area (Å²) in [6, 6.07) is 9.95. The van der Waals surface area contributed by atoms with Crippen LogP contribution in [0.4, 0.5) is 4.39 Å². The predicted octanol–water partition coefficient (Wildman–Crippen LogP) is 3.99. The zero-order valence-corrected chi connectivity index (χ0v) is 13.8. The van der Waals surface area contributed by atoms with Crippen molar-refractivity contribution < 1.29 is 12.8 Å². The number of fused-ring (bicyclic) bond motifs is 1. The van der Waals surface area contributed by atoms with Gasteiger partial charge >= 0.3 is 0 Å². The molecular weight excluding hydrogens is 345 g/mol. The van der Waals surface area contributed by atoms with Gasteiger partial charge in [0.05, 0.1) is 4.90 Å². The van der Waals surface area contributed by atoms with E-state index < -0.39 is 15.8 Å². The Bertz CT molecular complexity index is 794. The fraction of sp³-hybridized carbons (Fsp3) is 0.200. The summed E-state index contributed by atoms with van der Waals surface area (Å²) in [6.45, 7) is 0. The summed E-state index contributed by atoms with van der Waals surface area (Å²) in [5.41, 5.74) is 0.884. The number of benzene rings is 2. The third-order valence-electron chi connectivity index (χ3n) is 3.43. The Hall–Kier alpha value is -1.08. The Kier molecular flexibility index (Phi) is 4.45. The molecule has 1 aliphatic rings. The Labute approximate surface area is 137 Å². The summed E-state index contributed by atoms with van der Waals surface area (Å²) in [6.07, 6.45) is 0.679. The summed E-state index contributed by atoms with van der Waals surface area (Å²) < 4.78 is 40.5. The smallest absolute Gasteiger partial charge is 0.207 e. The van der Waals surface area contributed by atoms with E-state index in [4.69, 9.17) is 11.6 Å². The van der Waals surface area contributed by atoms with Crippen molar-refractivity contribution in [3.05, 3.63) is 58.9 Å². The summed E-state index contributed by atoms with van der Waals surface area (Å²) in [7, 11) is -3.70. The molecule has 1 N–H and O–H groups in total. The third-order valence-corrected chi connectivity index (χ3v) is 6.28. The molecular formula is C15H13ClFNO2S2. The maximum atomic E-state index is 12.9. The predicted molar refractivity (Wildman–Crippen MR) is 86.3 cm³/mol. The first-order chi connectivity index (χ1) is 10.5. The van der Waals surface area contributed by atoms with E-state index in [1.165, 1.54) is 12.1 Å². The van der Waals surface area contributed by atoms with Crippen LogP contribution in [-0.4, -0.2) is 14.2 Å². The lowest BCUT2D eigenvalue weighted by Gasteiger charge is -2.26. The van der Waals surface area contributed by atoms with E-state index in [9.17, 15) is 12.8 Å². The Morgan fingerprint density at radius 2 is 1.91 bits per heavy atom. The molecule has 1 heterocycles. The molecule has 116 valence electrons. The Morgan fingerprint density at radius 1 is 1.18 bits per heavy atom. The van der Waals surface area contributed by atoms with E-state index in [-0.39, 0.29) is 10.9 Å². The van der Waals surface area contributed by atoms with Crippen LogP contribution in [0, 0.1) is 5.82 Å². The number of rotatable bonds is 3. The molecule has 0 fully saturated rings. The number of thioether (sulfide) groups is 1. The van der Waals surface area contributed by atoms with Crippen molar-refractivity contribution >= 4 is 33.4 Å². The number of hydrogen-bond donors (Lipinski definition) is 1. The monoisotopic (exact) mass is 357 g/mol.